The fourth-order valence-electron chi connectivity index (χ4n) is 5.07. The predicted octanol–water partition coefficient (Wildman–Crippen LogP) is 7.00. The number of ether oxygens (including phenoxy) is 1. The van der Waals surface area contributed by atoms with Crippen LogP contribution < -0.4 is 14.5 Å². The topological polar surface area (TPSA) is 39.5 Å². The molecule has 1 aliphatic heterocycles. The van der Waals surface area contributed by atoms with E-state index in [2.05, 4.69) is 58.3 Å². The maximum atomic E-state index is 10.3. The number of hydrogen-bond acceptors (Lipinski definition) is 4. The van der Waals surface area contributed by atoms with E-state index in [1.165, 1.54) is 5.56 Å². The number of nitriles is 1. The first kappa shape index (κ1) is 24.7. The summed E-state index contributed by atoms with van der Waals surface area (Å²) in [5.74, 6) is 0.890. The lowest BCUT2D eigenvalue weighted by Crippen LogP contribution is -2.47. The van der Waals surface area contributed by atoms with Gasteiger partial charge in [-0.05, 0) is 71.5 Å². The fourth-order valence-corrected chi connectivity index (χ4v) is 5.20. The van der Waals surface area contributed by atoms with Crippen LogP contribution in [0.4, 0.5) is 11.4 Å². The monoisotopic (exact) mass is 507 g/mol. The molecule has 4 aromatic rings. The van der Waals surface area contributed by atoms with Crippen molar-refractivity contribution in [3.05, 3.63) is 113 Å². The Kier molecular flexibility index (Phi) is 7.63. The van der Waals surface area contributed by atoms with Gasteiger partial charge in [0.05, 0.1) is 24.0 Å². The molecule has 0 radical (unpaired) electrons. The zero-order valence-corrected chi connectivity index (χ0v) is 21.8. The van der Waals surface area contributed by atoms with Crippen LogP contribution in [0.5, 0.6) is 5.75 Å². The van der Waals surface area contributed by atoms with E-state index in [0.29, 0.717) is 0 Å². The Morgan fingerprint density at radius 3 is 2.08 bits per heavy atom. The average Bonchev–Trinajstić information content (AvgIpc) is 2.96. The highest BCUT2D eigenvalue weighted by Crippen LogP contribution is 2.34. The van der Waals surface area contributed by atoms with Crippen molar-refractivity contribution in [1.29, 1.82) is 5.26 Å². The van der Waals surface area contributed by atoms with Crippen LogP contribution in [0.15, 0.2) is 91.0 Å². The molecule has 5 rings (SSSR count). The third-order valence-electron chi connectivity index (χ3n) is 7.06. The molecule has 186 valence electrons. The molecule has 0 bridgehead atoms. The summed E-state index contributed by atoms with van der Waals surface area (Å²) >= 11 is 6.17. The first-order valence-corrected chi connectivity index (χ1v) is 13.0. The zero-order valence-electron chi connectivity index (χ0n) is 21.0. The van der Waals surface area contributed by atoms with E-state index in [-0.39, 0.29) is 0 Å². The maximum absolute atomic E-state index is 10.3. The van der Waals surface area contributed by atoms with Crippen molar-refractivity contribution in [2.45, 2.75) is 12.8 Å². The van der Waals surface area contributed by atoms with Crippen molar-refractivity contribution in [2.75, 3.05) is 43.1 Å². The SMILES string of the molecule is COc1ccccc1N1CCN(c2cc(-c3ccc(Cl)cc3)cc(CCc3ccccc3)c2C#N)CC1. The van der Waals surface area contributed by atoms with Crippen molar-refractivity contribution in [3.63, 3.8) is 0 Å². The van der Waals surface area contributed by atoms with Gasteiger partial charge >= 0.3 is 0 Å². The fraction of sp³-hybridized carbons (Fsp3) is 0.219. The van der Waals surface area contributed by atoms with Gasteiger partial charge in [-0.1, -0.05) is 66.2 Å². The number of aryl methyl sites for hydroxylation is 2. The molecule has 0 spiro atoms. The summed E-state index contributed by atoms with van der Waals surface area (Å²) in [4.78, 5) is 4.72. The molecule has 4 nitrogen and oxygen atoms in total. The molecule has 0 unspecified atom stereocenters. The van der Waals surface area contributed by atoms with E-state index in [9.17, 15) is 5.26 Å². The summed E-state index contributed by atoms with van der Waals surface area (Å²) in [6.45, 7) is 3.37. The molecule has 0 amide bonds. The molecule has 5 heteroatoms. The van der Waals surface area contributed by atoms with Crippen LogP contribution in [0.25, 0.3) is 11.1 Å². The van der Waals surface area contributed by atoms with E-state index in [1.54, 1.807) is 7.11 Å². The Balaban J connectivity index is 1.46. The third-order valence-corrected chi connectivity index (χ3v) is 7.31. The maximum Gasteiger partial charge on any atom is 0.142 e. The van der Waals surface area contributed by atoms with Crippen molar-refractivity contribution >= 4 is 23.0 Å². The molecular weight excluding hydrogens is 478 g/mol. The van der Waals surface area contributed by atoms with Gasteiger partial charge in [0.2, 0.25) is 0 Å². The standard InChI is InChI=1S/C32H30ClN3O/c1-37-32-10-6-5-9-30(32)35-17-19-36(20-18-35)31-22-27(25-13-15-28(33)16-14-25)21-26(29(31)23-34)12-11-24-7-3-2-4-8-24/h2-10,13-16,21-22H,11-12,17-20H2,1H3. The molecule has 0 aliphatic carbocycles. The zero-order chi connectivity index (χ0) is 25.6. The van der Waals surface area contributed by atoms with Crippen molar-refractivity contribution in [3.8, 4) is 22.9 Å². The molecule has 0 atom stereocenters. The minimum Gasteiger partial charge on any atom is -0.495 e. The number of hydrogen-bond donors (Lipinski definition) is 0. The van der Waals surface area contributed by atoms with Crippen molar-refractivity contribution in [1.82, 2.24) is 0 Å². The normalized spacial score (nSPS) is 13.3. The van der Waals surface area contributed by atoms with Gasteiger partial charge in [0, 0.05) is 31.2 Å². The number of nitrogens with zero attached hydrogens (tertiary/aromatic N) is 3. The van der Waals surface area contributed by atoms with Gasteiger partial charge in [0.25, 0.3) is 0 Å². The number of rotatable bonds is 7. The lowest BCUT2D eigenvalue weighted by Gasteiger charge is -2.38. The average molecular weight is 508 g/mol. The van der Waals surface area contributed by atoms with Crippen LogP contribution in [0, 0.1) is 11.3 Å². The van der Waals surface area contributed by atoms with E-state index in [0.717, 1.165) is 83.4 Å². The number of methoxy groups -OCH3 is 1. The van der Waals surface area contributed by atoms with Gasteiger partial charge < -0.3 is 14.5 Å². The lowest BCUT2D eigenvalue weighted by atomic mass is 9.93. The first-order valence-electron chi connectivity index (χ1n) is 12.7. The lowest BCUT2D eigenvalue weighted by molar-refractivity contribution is 0.413. The second-order valence-electron chi connectivity index (χ2n) is 9.28. The molecule has 4 aromatic carbocycles. The highest BCUT2D eigenvalue weighted by Gasteiger charge is 2.23. The van der Waals surface area contributed by atoms with Crippen LogP contribution in [0.3, 0.4) is 0 Å². The minimum absolute atomic E-state index is 0.717. The summed E-state index contributed by atoms with van der Waals surface area (Å²) < 4.78 is 5.59. The molecule has 1 fully saturated rings. The second kappa shape index (κ2) is 11.4. The Morgan fingerprint density at radius 1 is 0.757 bits per heavy atom. The van der Waals surface area contributed by atoms with Gasteiger partial charge in [-0.15, -0.1) is 0 Å². The van der Waals surface area contributed by atoms with E-state index >= 15 is 0 Å². The summed E-state index contributed by atoms with van der Waals surface area (Å²) in [5.41, 5.74) is 7.47. The van der Waals surface area contributed by atoms with Gasteiger partial charge in [-0.3, -0.25) is 0 Å². The van der Waals surface area contributed by atoms with Crippen LogP contribution >= 0.6 is 11.6 Å². The smallest absolute Gasteiger partial charge is 0.142 e. The Labute approximate surface area is 224 Å². The number of halogens is 1. The minimum atomic E-state index is 0.717. The molecule has 0 aromatic heterocycles. The van der Waals surface area contributed by atoms with Gasteiger partial charge in [0.15, 0.2) is 0 Å². The van der Waals surface area contributed by atoms with E-state index in [1.807, 2.05) is 48.5 Å². The Bertz CT molecular complexity index is 1390. The molecular formula is C32H30ClN3O. The highest BCUT2D eigenvalue weighted by atomic mass is 35.5. The number of anilines is 2. The van der Waals surface area contributed by atoms with Crippen LogP contribution in [0.2, 0.25) is 5.02 Å². The number of piperazine rings is 1. The van der Waals surface area contributed by atoms with Crippen LogP contribution in [-0.4, -0.2) is 33.3 Å². The van der Waals surface area contributed by atoms with Gasteiger partial charge in [0.1, 0.15) is 11.8 Å². The number of para-hydroxylation sites is 2. The summed E-state index contributed by atoms with van der Waals surface area (Å²) in [7, 11) is 1.72. The molecule has 0 N–H and O–H groups in total. The third kappa shape index (κ3) is 5.58. The predicted molar refractivity (Wildman–Crippen MR) is 153 cm³/mol. The molecule has 1 heterocycles. The van der Waals surface area contributed by atoms with Crippen LogP contribution in [0.1, 0.15) is 16.7 Å². The molecule has 0 saturated carbocycles. The van der Waals surface area contributed by atoms with E-state index in [4.69, 9.17) is 16.3 Å². The summed E-state index contributed by atoms with van der Waals surface area (Å²) in [5, 5.41) is 11.0. The quantitative estimate of drug-likeness (QED) is 0.270. The summed E-state index contributed by atoms with van der Waals surface area (Å²) in [6, 6.07) is 33.5. The van der Waals surface area contributed by atoms with Crippen LogP contribution in [-0.2, 0) is 12.8 Å². The van der Waals surface area contributed by atoms with Gasteiger partial charge in [-0.25, -0.2) is 0 Å². The molecule has 37 heavy (non-hydrogen) atoms. The van der Waals surface area contributed by atoms with Crippen molar-refractivity contribution < 1.29 is 4.74 Å². The Hall–Kier alpha value is -3.94. The first-order chi connectivity index (χ1) is 18.2. The largest absolute Gasteiger partial charge is 0.495 e. The highest BCUT2D eigenvalue weighted by molar-refractivity contribution is 6.30. The molecule has 1 saturated heterocycles. The molecule has 1 aliphatic rings. The van der Waals surface area contributed by atoms with E-state index < -0.39 is 0 Å². The number of benzene rings is 4. The van der Waals surface area contributed by atoms with Gasteiger partial charge in [-0.2, -0.15) is 5.26 Å². The summed E-state index contributed by atoms with van der Waals surface area (Å²) in [6.07, 6.45) is 1.70. The Morgan fingerprint density at radius 2 is 1.41 bits per heavy atom. The van der Waals surface area contributed by atoms with Crippen molar-refractivity contribution in [2.24, 2.45) is 0 Å². The second-order valence-corrected chi connectivity index (χ2v) is 9.72.